The summed E-state index contributed by atoms with van der Waals surface area (Å²) >= 11 is 0. The van der Waals surface area contributed by atoms with Crippen LogP contribution in [0.4, 0.5) is 0 Å². The fourth-order valence-electron chi connectivity index (χ4n) is 2.04. The average Bonchev–Trinajstić information content (AvgIpc) is 2.44. The van der Waals surface area contributed by atoms with Gasteiger partial charge in [-0.2, -0.15) is 0 Å². The van der Waals surface area contributed by atoms with E-state index in [-0.39, 0.29) is 36.8 Å². The van der Waals surface area contributed by atoms with Crippen molar-refractivity contribution in [3.8, 4) is 0 Å². The molecule has 8 nitrogen and oxygen atoms in total. The highest BCUT2D eigenvalue weighted by Crippen LogP contribution is 2.22. The summed E-state index contributed by atoms with van der Waals surface area (Å²) in [6.45, 7) is 7.56. The molecule has 8 heteroatoms. The van der Waals surface area contributed by atoms with Gasteiger partial charge < -0.3 is 25.9 Å². The third-order valence-corrected chi connectivity index (χ3v) is 3.41. The van der Waals surface area contributed by atoms with E-state index in [0.717, 1.165) is 0 Å². The molecule has 1 saturated heterocycles. The highest BCUT2D eigenvalue weighted by atomic mass is 16.5. The number of amides is 2. The number of rotatable bonds is 4. The largest absolute Gasteiger partial charge is 0.409 e. The average molecular weight is 300 g/mol. The number of amidine groups is 1. The lowest BCUT2D eigenvalue weighted by Crippen LogP contribution is -2.60. The van der Waals surface area contributed by atoms with E-state index in [9.17, 15) is 9.59 Å². The van der Waals surface area contributed by atoms with E-state index in [0.29, 0.717) is 6.61 Å². The first-order valence-electron chi connectivity index (χ1n) is 6.89. The van der Waals surface area contributed by atoms with E-state index in [2.05, 4.69) is 10.5 Å². The minimum Gasteiger partial charge on any atom is -0.409 e. The third-order valence-electron chi connectivity index (χ3n) is 3.41. The van der Waals surface area contributed by atoms with Crippen LogP contribution in [-0.2, 0) is 14.3 Å². The molecular weight excluding hydrogens is 276 g/mol. The molecule has 0 aromatic carbocycles. The van der Waals surface area contributed by atoms with Crippen molar-refractivity contribution in [2.24, 2.45) is 16.3 Å². The summed E-state index contributed by atoms with van der Waals surface area (Å²) in [4.78, 5) is 26.3. The van der Waals surface area contributed by atoms with Gasteiger partial charge in [0.05, 0.1) is 13.2 Å². The molecule has 0 saturated carbocycles. The van der Waals surface area contributed by atoms with E-state index < -0.39 is 11.5 Å². The summed E-state index contributed by atoms with van der Waals surface area (Å²) in [6.07, 6.45) is 0. The predicted octanol–water partition coefficient (Wildman–Crippen LogP) is -0.489. The molecule has 4 N–H and O–H groups in total. The summed E-state index contributed by atoms with van der Waals surface area (Å²) in [7, 11) is 0. The molecule has 0 spiro atoms. The lowest BCUT2D eigenvalue weighted by Gasteiger charge is -2.38. The smallest absolute Gasteiger partial charge is 0.245 e. The van der Waals surface area contributed by atoms with E-state index in [1.165, 1.54) is 4.90 Å². The Labute approximate surface area is 124 Å². The van der Waals surface area contributed by atoms with E-state index in [1.54, 1.807) is 13.8 Å². The lowest BCUT2D eigenvalue weighted by molar-refractivity contribution is -0.153. The zero-order chi connectivity index (χ0) is 16.2. The Bertz CT molecular complexity index is 434. The predicted molar refractivity (Wildman–Crippen MR) is 76.8 cm³/mol. The van der Waals surface area contributed by atoms with Gasteiger partial charge in [0.15, 0.2) is 5.84 Å². The second kappa shape index (κ2) is 6.75. The molecule has 0 aromatic heterocycles. The van der Waals surface area contributed by atoms with Crippen molar-refractivity contribution >= 4 is 17.6 Å². The van der Waals surface area contributed by atoms with Gasteiger partial charge in [-0.3, -0.25) is 9.59 Å². The van der Waals surface area contributed by atoms with Gasteiger partial charge in [-0.25, -0.2) is 0 Å². The number of nitrogens with two attached hydrogens (primary N) is 1. The Balaban J connectivity index is 2.96. The second-order valence-corrected chi connectivity index (χ2v) is 5.86. The molecule has 1 heterocycles. The van der Waals surface area contributed by atoms with Crippen LogP contribution in [0.15, 0.2) is 5.16 Å². The van der Waals surface area contributed by atoms with Gasteiger partial charge in [0, 0.05) is 12.6 Å². The van der Waals surface area contributed by atoms with Gasteiger partial charge in [-0.15, -0.1) is 0 Å². The van der Waals surface area contributed by atoms with Crippen molar-refractivity contribution in [3.63, 3.8) is 0 Å². The molecule has 120 valence electrons. The standard InChI is InChI=1S/C13H24N4O4/c1-8(2)15-10(18)9-7-21-6-5-17(9)12(19)13(3,4)11(14)16-20/h8-9,20H,5-7H2,1-4H3,(H2,14,16)(H,15,18). The summed E-state index contributed by atoms with van der Waals surface area (Å²) in [5, 5.41) is 14.5. The Morgan fingerprint density at radius 1 is 1.48 bits per heavy atom. The van der Waals surface area contributed by atoms with Crippen molar-refractivity contribution in [3.05, 3.63) is 0 Å². The number of hydrogen-bond acceptors (Lipinski definition) is 5. The maximum atomic E-state index is 12.6. The molecule has 1 fully saturated rings. The lowest BCUT2D eigenvalue weighted by atomic mass is 9.89. The third kappa shape index (κ3) is 3.84. The van der Waals surface area contributed by atoms with Crippen LogP contribution in [-0.4, -0.2) is 59.6 Å². The summed E-state index contributed by atoms with van der Waals surface area (Å²) < 4.78 is 5.30. The second-order valence-electron chi connectivity index (χ2n) is 5.86. The SMILES string of the molecule is CC(C)NC(=O)C1COCCN1C(=O)C(C)(C)C(N)=NO. The fraction of sp³-hybridized carbons (Fsp3) is 0.769. The van der Waals surface area contributed by atoms with Gasteiger partial charge in [0.1, 0.15) is 11.5 Å². The first kappa shape index (κ1) is 17.2. The van der Waals surface area contributed by atoms with Crippen LogP contribution in [0, 0.1) is 5.41 Å². The normalized spacial score (nSPS) is 20.5. The molecule has 1 aliphatic heterocycles. The number of hydrogen-bond donors (Lipinski definition) is 3. The zero-order valence-corrected chi connectivity index (χ0v) is 12.9. The first-order valence-corrected chi connectivity index (χ1v) is 6.89. The van der Waals surface area contributed by atoms with Gasteiger partial charge in [-0.05, 0) is 27.7 Å². The Morgan fingerprint density at radius 2 is 2.10 bits per heavy atom. The molecule has 1 atom stereocenters. The maximum absolute atomic E-state index is 12.6. The zero-order valence-electron chi connectivity index (χ0n) is 12.9. The number of carbonyl (C=O) groups is 2. The number of oxime groups is 1. The Morgan fingerprint density at radius 3 is 2.62 bits per heavy atom. The van der Waals surface area contributed by atoms with Crippen LogP contribution >= 0.6 is 0 Å². The quantitative estimate of drug-likeness (QED) is 0.280. The topological polar surface area (TPSA) is 117 Å². The van der Waals surface area contributed by atoms with Crippen LogP contribution in [0.25, 0.3) is 0 Å². The fourth-order valence-corrected chi connectivity index (χ4v) is 2.04. The van der Waals surface area contributed by atoms with Crippen molar-refractivity contribution in [2.75, 3.05) is 19.8 Å². The van der Waals surface area contributed by atoms with Crippen molar-refractivity contribution in [1.29, 1.82) is 0 Å². The molecule has 0 aromatic rings. The number of nitrogens with zero attached hydrogens (tertiary/aromatic N) is 2. The van der Waals surface area contributed by atoms with Gasteiger partial charge in [0.2, 0.25) is 11.8 Å². The Hall–Kier alpha value is -1.83. The van der Waals surface area contributed by atoms with Crippen LogP contribution in [0.3, 0.4) is 0 Å². The van der Waals surface area contributed by atoms with Crippen LogP contribution in [0.5, 0.6) is 0 Å². The molecule has 1 aliphatic rings. The number of morpholine rings is 1. The van der Waals surface area contributed by atoms with Crippen LogP contribution in [0.2, 0.25) is 0 Å². The molecule has 1 rings (SSSR count). The number of carbonyl (C=O) groups excluding carboxylic acids is 2. The maximum Gasteiger partial charge on any atom is 0.245 e. The molecule has 2 amide bonds. The van der Waals surface area contributed by atoms with E-state index in [4.69, 9.17) is 15.7 Å². The van der Waals surface area contributed by atoms with Crippen molar-refractivity contribution in [2.45, 2.75) is 39.8 Å². The van der Waals surface area contributed by atoms with E-state index >= 15 is 0 Å². The van der Waals surface area contributed by atoms with Crippen molar-refractivity contribution in [1.82, 2.24) is 10.2 Å². The van der Waals surface area contributed by atoms with Crippen LogP contribution in [0.1, 0.15) is 27.7 Å². The number of nitrogens with one attached hydrogen (secondary N) is 1. The monoisotopic (exact) mass is 300 g/mol. The van der Waals surface area contributed by atoms with Crippen molar-refractivity contribution < 1.29 is 19.5 Å². The summed E-state index contributed by atoms with van der Waals surface area (Å²) in [5.74, 6) is -0.833. The van der Waals surface area contributed by atoms with Crippen LogP contribution < -0.4 is 11.1 Å². The minimum atomic E-state index is -1.19. The van der Waals surface area contributed by atoms with Gasteiger partial charge in [-0.1, -0.05) is 5.16 Å². The summed E-state index contributed by atoms with van der Waals surface area (Å²) in [5.41, 5.74) is 4.39. The Kier molecular flexibility index (Phi) is 5.54. The molecule has 1 unspecified atom stereocenters. The highest BCUT2D eigenvalue weighted by molar-refractivity contribution is 6.07. The number of ether oxygens (including phenoxy) is 1. The van der Waals surface area contributed by atoms with E-state index in [1.807, 2.05) is 13.8 Å². The molecule has 21 heavy (non-hydrogen) atoms. The first-order chi connectivity index (χ1) is 9.71. The molecule has 0 radical (unpaired) electrons. The molecule has 0 aliphatic carbocycles. The minimum absolute atomic E-state index is 0.0338. The molecular formula is C13H24N4O4. The summed E-state index contributed by atoms with van der Waals surface area (Å²) in [6, 6.07) is -0.743. The highest BCUT2D eigenvalue weighted by Gasteiger charge is 2.42. The van der Waals surface area contributed by atoms with Gasteiger partial charge in [0.25, 0.3) is 0 Å². The van der Waals surface area contributed by atoms with Gasteiger partial charge >= 0.3 is 0 Å². The molecule has 0 bridgehead atoms.